The lowest BCUT2D eigenvalue weighted by Crippen LogP contribution is -2.11. The molecular formula is C12H15BrF3N. The van der Waals surface area contributed by atoms with Crippen molar-refractivity contribution in [1.82, 2.24) is 0 Å². The van der Waals surface area contributed by atoms with Crippen LogP contribution in [0.2, 0.25) is 0 Å². The molecule has 0 saturated carbocycles. The van der Waals surface area contributed by atoms with Crippen molar-refractivity contribution in [3.63, 3.8) is 0 Å². The highest BCUT2D eigenvalue weighted by molar-refractivity contribution is 9.10. The minimum absolute atomic E-state index is 0.150. The largest absolute Gasteiger partial charge is 0.418 e. The Bertz CT molecular complexity index is 363. The van der Waals surface area contributed by atoms with Gasteiger partial charge in [-0.3, -0.25) is 0 Å². The van der Waals surface area contributed by atoms with Crippen molar-refractivity contribution >= 4 is 21.6 Å². The Morgan fingerprint density at radius 1 is 1.24 bits per heavy atom. The molecule has 1 N–H and O–H groups in total. The predicted octanol–water partition coefficient (Wildman–Crippen LogP) is 5.07. The van der Waals surface area contributed by atoms with Gasteiger partial charge in [0.25, 0.3) is 0 Å². The molecule has 96 valence electrons. The molecule has 0 radical (unpaired) electrons. The molecule has 0 bridgehead atoms. The van der Waals surface area contributed by atoms with Gasteiger partial charge in [-0.05, 0) is 24.6 Å². The lowest BCUT2D eigenvalue weighted by Gasteiger charge is -2.14. The second-order valence-electron chi connectivity index (χ2n) is 3.82. The van der Waals surface area contributed by atoms with Crippen molar-refractivity contribution in [3.05, 3.63) is 28.2 Å². The van der Waals surface area contributed by atoms with Gasteiger partial charge in [-0.2, -0.15) is 13.2 Å². The Morgan fingerprint density at radius 2 is 1.94 bits per heavy atom. The number of hydrogen-bond donors (Lipinski definition) is 1. The fraction of sp³-hybridized carbons (Fsp3) is 0.500. The smallest absolute Gasteiger partial charge is 0.385 e. The molecule has 0 amide bonds. The van der Waals surface area contributed by atoms with E-state index in [4.69, 9.17) is 0 Å². The lowest BCUT2D eigenvalue weighted by atomic mass is 10.1. The maximum atomic E-state index is 12.7. The molecule has 0 aliphatic heterocycles. The Labute approximate surface area is 108 Å². The third-order valence-corrected chi connectivity index (χ3v) is 2.88. The van der Waals surface area contributed by atoms with Crippen LogP contribution >= 0.6 is 15.9 Å². The number of unbranched alkanes of at least 4 members (excludes halogenated alkanes) is 2. The number of benzene rings is 1. The number of nitrogens with one attached hydrogen (secondary N) is 1. The molecule has 0 atom stereocenters. The van der Waals surface area contributed by atoms with E-state index < -0.39 is 11.7 Å². The highest BCUT2D eigenvalue weighted by Crippen LogP contribution is 2.36. The standard InChI is InChI=1S/C12H15BrF3N/c1-2-3-4-7-17-11-6-5-9(13)8-10(11)12(14,15)16/h5-6,8,17H,2-4,7H2,1H3. The molecule has 1 aromatic rings. The minimum atomic E-state index is -4.32. The molecule has 0 aliphatic rings. The summed E-state index contributed by atoms with van der Waals surface area (Å²) in [5.74, 6) is 0. The summed E-state index contributed by atoms with van der Waals surface area (Å²) in [5, 5.41) is 2.84. The Morgan fingerprint density at radius 3 is 2.53 bits per heavy atom. The van der Waals surface area contributed by atoms with Crippen LogP contribution in [0.1, 0.15) is 31.7 Å². The van der Waals surface area contributed by atoms with Gasteiger partial charge < -0.3 is 5.32 Å². The van der Waals surface area contributed by atoms with Crippen molar-refractivity contribution in [2.75, 3.05) is 11.9 Å². The Balaban J connectivity index is 2.77. The summed E-state index contributed by atoms with van der Waals surface area (Å²) in [6, 6.07) is 4.17. The van der Waals surface area contributed by atoms with Crippen molar-refractivity contribution < 1.29 is 13.2 Å². The van der Waals surface area contributed by atoms with Gasteiger partial charge in [-0.1, -0.05) is 35.7 Å². The molecule has 1 aromatic carbocycles. The van der Waals surface area contributed by atoms with Crippen LogP contribution in [0.5, 0.6) is 0 Å². The average Bonchev–Trinajstić information content (AvgIpc) is 2.25. The maximum Gasteiger partial charge on any atom is 0.418 e. The van der Waals surface area contributed by atoms with Crippen LogP contribution in [0.25, 0.3) is 0 Å². The van der Waals surface area contributed by atoms with Crippen LogP contribution in [0.4, 0.5) is 18.9 Å². The Kier molecular flexibility index (Phi) is 5.31. The molecule has 0 fully saturated rings. The molecule has 0 aliphatic carbocycles. The van der Waals surface area contributed by atoms with Crippen LogP contribution in [-0.2, 0) is 6.18 Å². The first kappa shape index (κ1) is 14.4. The molecule has 0 heterocycles. The zero-order valence-corrected chi connectivity index (χ0v) is 11.2. The van der Waals surface area contributed by atoms with Crippen molar-refractivity contribution in [2.24, 2.45) is 0 Å². The van der Waals surface area contributed by atoms with E-state index in [1.165, 1.54) is 6.07 Å². The van der Waals surface area contributed by atoms with Crippen LogP contribution in [0.3, 0.4) is 0 Å². The van der Waals surface area contributed by atoms with Gasteiger partial charge in [-0.25, -0.2) is 0 Å². The summed E-state index contributed by atoms with van der Waals surface area (Å²) in [4.78, 5) is 0. The van der Waals surface area contributed by atoms with E-state index in [-0.39, 0.29) is 5.69 Å². The van der Waals surface area contributed by atoms with Gasteiger partial charge in [0.1, 0.15) is 0 Å². The fourth-order valence-electron chi connectivity index (χ4n) is 1.50. The Hall–Kier alpha value is -0.710. The van der Waals surface area contributed by atoms with Gasteiger partial charge >= 0.3 is 6.18 Å². The topological polar surface area (TPSA) is 12.0 Å². The zero-order chi connectivity index (χ0) is 12.9. The van der Waals surface area contributed by atoms with Crippen LogP contribution in [0, 0.1) is 0 Å². The van der Waals surface area contributed by atoms with Crippen LogP contribution in [-0.4, -0.2) is 6.54 Å². The van der Waals surface area contributed by atoms with Gasteiger partial charge in [-0.15, -0.1) is 0 Å². The normalized spacial score (nSPS) is 11.6. The average molecular weight is 310 g/mol. The van der Waals surface area contributed by atoms with Gasteiger partial charge in [0, 0.05) is 16.7 Å². The van der Waals surface area contributed by atoms with Crippen LogP contribution < -0.4 is 5.32 Å². The summed E-state index contributed by atoms with van der Waals surface area (Å²) < 4.78 is 38.7. The van der Waals surface area contributed by atoms with Crippen molar-refractivity contribution in [2.45, 2.75) is 32.4 Å². The number of halogens is 4. The molecule has 17 heavy (non-hydrogen) atoms. The number of anilines is 1. The third-order valence-electron chi connectivity index (χ3n) is 2.38. The summed E-state index contributed by atoms with van der Waals surface area (Å²) in [5.41, 5.74) is -0.472. The fourth-order valence-corrected chi connectivity index (χ4v) is 1.86. The second-order valence-corrected chi connectivity index (χ2v) is 4.74. The predicted molar refractivity (Wildman–Crippen MR) is 67.2 cm³/mol. The highest BCUT2D eigenvalue weighted by Gasteiger charge is 2.33. The van der Waals surface area contributed by atoms with E-state index >= 15 is 0 Å². The van der Waals surface area contributed by atoms with Gasteiger partial charge in [0.15, 0.2) is 0 Å². The second kappa shape index (κ2) is 6.28. The molecule has 1 rings (SSSR count). The zero-order valence-electron chi connectivity index (χ0n) is 9.57. The van der Waals surface area contributed by atoms with Crippen molar-refractivity contribution in [1.29, 1.82) is 0 Å². The van der Waals surface area contributed by atoms with Crippen LogP contribution in [0.15, 0.2) is 22.7 Å². The van der Waals surface area contributed by atoms with E-state index in [1.54, 1.807) is 6.07 Å². The minimum Gasteiger partial charge on any atom is -0.385 e. The third kappa shape index (κ3) is 4.58. The summed E-state index contributed by atoms with van der Waals surface area (Å²) in [6.45, 7) is 2.62. The van der Waals surface area contributed by atoms with E-state index in [0.29, 0.717) is 11.0 Å². The number of hydrogen-bond acceptors (Lipinski definition) is 1. The van der Waals surface area contributed by atoms with Gasteiger partial charge in [0.05, 0.1) is 5.56 Å². The number of alkyl halides is 3. The molecule has 1 nitrogen and oxygen atoms in total. The molecule has 0 aromatic heterocycles. The van der Waals surface area contributed by atoms with Crippen molar-refractivity contribution in [3.8, 4) is 0 Å². The molecule has 0 spiro atoms. The molecule has 5 heteroatoms. The van der Waals surface area contributed by atoms with E-state index in [2.05, 4.69) is 28.2 Å². The molecule has 0 saturated heterocycles. The molecule has 0 unspecified atom stereocenters. The monoisotopic (exact) mass is 309 g/mol. The van der Waals surface area contributed by atoms with E-state index in [1.807, 2.05) is 0 Å². The summed E-state index contributed by atoms with van der Waals surface area (Å²) >= 11 is 3.05. The first-order valence-corrected chi connectivity index (χ1v) is 6.35. The first-order chi connectivity index (χ1) is 7.95. The SMILES string of the molecule is CCCCCNc1ccc(Br)cc1C(F)(F)F. The van der Waals surface area contributed by atoms with E-state index in [9.17, 15) is 13.2 Å². The quantitative estimate of drug-likeness (QED) is 0.749. The van der Waals surface area contributed by atoms with Gasteiger partial charge in [0.2, 0.25) is 0 Å². The highest BCUT2D eigenvalue weighted by atomic mass is 79.9. The van der Waals surface area contributed by atoms with E-state index in [0.717, 1.165) is 25.3 Å². The molecular weight excluding hydrogens is 295 g/mol. The maximum absolute atomic E-state index is 12.7. The lowest BCUT2D eigenvalue weighted by molar-refractivity contribution is -0.137. The first-order valence-electron chi connectivity index (χ1n) is 5.55. The summed E-state index contributed by atoms with van der Waals surface area (Å²) in [6.07, 6.45) is -1.38. The number of rotatable bonds is 5. The summed E-state index contributed by atoms with van der Waals surface area (Å²) in [7, 11) is 0.